The molecule has 0 spiro atoms. The Balaban J connectivity index is 2.88. The Bertz CT molecular complexity index is 907. The zero-order valence-corrected chi connectivity index (χ0v) is 17.0. The summed E-state index contributed by atoms with van der Waals surface area (Å²) in [5.41, 5.74) is -7.53. The van der Waals surface area contributed by atoms with Gasteiger partial charge in [0.25, 0.3) is 15.8 Å². The molecular formula is C19H23F5O4S. The summed E-state index contributed by atoms with van der Waals surface area (Å²) < 4.78 is 91.3. The molecule has 29 heavy (non-hydrogen) atoms. The number of aliphatic hydroxyl groups excluding tert-OH is 2. The van der Waals surface area contributed by atoms with Crippen LogP contribution in [0, 0.1) is 5.41 Å². The van der Waals surface area contributed by atoms with Crippen LogP contribution in [0.5, 0.6) is 0 Å². The van der Waals surface area contributed by atoms with Crippen LogP contribution in [0.2, 0.25) is 0 Å². The second kappa shape index (κ2) is 7.31. The van der Waals surface area contributed by atoms with E-state index in [4.69, 9.17) is 0 Å². The van der Waals surface area contributed by atoms with E-state index in [2.05, 4.69) is 6.58 Å². The van der Waals surface area contributed by atoms with Crippen molar-refractivity contribution >= 4 is 9.84 Å². The van der Waals surface area contributed by atoms with Crippen molar-refractivity contribution in [2.45, 2.75) is 63.7 Å². The molecule has 0 aromatic heterocycles. The number of allylic oxidation sites excluding steroid dienone is 3. The molecule has 1 saturated carbocycles. The predicted molar refractivity (Wildman–Crippen MR) is 97.6 cm³/mol. The van der Waals surface area contributed by atoms with Crippen LogP contribution in [-0.4, -0.2) is 42.3 Å². The molecule has 0 radical (unpaired) electrons. The minimum Gasteiger partial charge on any atom is -0.388 e. The van der Waals surface area contributed by atoms with Crippen LogP contribution in [0.25, 0.3) is 0 Å². The Kier molecular flexibility index (Phi) is 5.99. The van der Waals surface area contributed by atoms with Crippen molar-refractivity contribution in [1.82, 2.24) is 0 Å². The molecule has 1 fully saturated rings. The zero-order valence-electron chi connectivity index (χ0n) is 16.1. The van der Waals surface area contributed by atoms with Gasteiger partial charge in [0.2, 0.25) is 0 Å². The predicted octanol–water partition coefficient (Wildman–Crippen LogP) is 4.18. The number of alkyl halides is 5. The third-order valence-corrected chi connectivity index (χ3v) is 6.94. The lowest BCUT2D eigenvalue weighted by molar-refractivity contribution is -0.0736. The average Bonchev–Trinajstić information content (AvgIpc) is 2.79. The van der Waals surface area contributed by atoms with Crippen LogP contribution < -0.4 is 0 Å². The van der Waals surface area contributed by atoms with E-state index in [0.717, 1.165) is 6.08 Å². The first kappa shape index (κ1) is 23.8. The summed E-state index contributed by atoms with van der Waals surface area (Å²) in [6, 6.07) is 0. The molecule has 2 aliphatic rings. The molecule has 4 nitrogen and oxygen atoms in total. The lowest BCUT2D eigenvalue weighted by Gasteiger charge is -2.32. The summed E-state index contributed by atoms with van der Waals surface area (Å²) in [6.07, 6.45) is -1.44. The molecule has 164 valence electrons. The average molecular weight is 442 g/mol. The normalized spacial score (nSPS) is 30.6. The number of sulfone groups is 1. The summed E-state index contributed by atoms with van der Waals surface area (Å²) in [5.74, 6) is -3.88. The molecule has 1 unspecified atom stereocenters. The van der Waals surface area contributed by atoms with Gasteiger partial charge >= 0.3 is 5.51 Å². The molecule has 0 heterocycles. The van der Waals surface area contributed by atoms with Gasteiger partial charge in [0.1, 0.15) is 6.10 Å². The van der Waals surface area contributed by atoms with Gasteiger partial charge < -0.3 is 10.2 Å². The Morgan fingerprint density at radius 2 is 1.83 bits per heavy atom. The SMILES string of the molecule is C=C/C(C1=CC(C)(C)CCC1O)=C1/CC(F)(F)[C@@H](O)/C1=C(/C)S(=O)(=O)C(F)(F)F. The fourth-order valence-corrected chi connectivity index (χ4v) is 4.57. The van der Waals surface area contributed by atoms with E-state index in [1.807, 2.05) is 13.8 Å². The van der Waals surface area contributed by atoms with Crippen LogP contribution in [0.4, 0.5) is 22.0 Å². The first-order valence-corrected chi connectivity index (χ1v) is 10.3. The van der Waals surface area contributed by atoms with Gasteiger partial charge in [-0.25, -0.2) is 17.2 Å². The van der Waals surface area contributed by atoms with Crippen LogP contribution in [0.3, 0.4) is 0 Å². The minimum absolute atomic E-state index is 0.0896. The molecule has 0 aromatic carbocycles. The number of aliphatic hydroxyl groups is 2. The van der Waals surface area contributed by atoms with Crippen molar-refractivity contribution in [1.29, 1.82) is 0 Å². The molecule has 2 atom stereocenters. The third-order valence-electron chi connectivity index (χ3n) is 5.31. The molecule has 2 aliphatic carbocycles. The van der Waals surface area contributed by atoms with Gasteiger partial charge in [-0.2, -0.15) is 13.2 Å². The highest BCUT2D eigenvalue weighted by atomic mass is 32.2. The van der Waals surface area contributed by atoms with Crippen molar-refractivity contribution in [3.63, 3.8) is 0 Å². The van der Waals surface area contributed by atoms with Crippen molar-refractivity contribution in [2.75, 3.05) is 0 Å². The maximum absolute atomic E-state index is 14.3. The standard InChI is InChI=1S/C19H23F5O4S/c1-5-11(12-8-17(3,4)7-6-14(12)25)13-9-18(20,21)16(26)15(13)10(2)29(27,28)19(22,23)24/h5,8,14,16,25-26H,1,6-7,9H2,2-4H3/b13-11+,15-10-/t14?,16-/m0/s1. The van der Waals surface area contributed by atoms with Crippen molar-refractivity contribution in [2.24, 2.45) is 5.41 Å². The molecular weight excluding hydrogens is 419 g/mol. The number of hydrogen-bond donors (Lipinski definition) is 2. The molecule has 0 aliphatic heterocycles. The largest absolute Gasteiger partial charge is 0.501 e. The van der Waals surface area contributed by atoms with Crippen LogP contribution in [0.1, 0.15) is 40.0 Å². The van der Waals surface area contributed by atoms with Crippen molar-refractivity contribution < 1.29 is 40.6 Å². The quantitative estimate of drug-likeness (QED) is 0.643. The molecule has 2 rings (SSSR count). The maximum Gasteiger partial charge on any atom is 0.501 e. The van der Waals surface area contributed by atoms with Crippen molar-refractivity contribution in [3.05, 3.63) is 45.9 Å². The fourth-order valence-electron chi connectivity index (χ4n) is 3.69. The molecule has 2 N–H and O–H groups in total. The van der Waals surface area contributed by atoms with E-state index in [1.54, 1.807) is 6.08 Å². The van der Waals surface area contributed by atoms with Crippen molar-refractivity contribution in [3.8, 4) is 0 Å². The number of halogens is 5. The van der Waals surface area contributed by atoms with Gasteiger partial charge in [-0.15, -0.1) is 0 Å². The third kappa shape index (κ3) is 4.20. The Hall–Kier alpha value is -1.52. The second-order valence-corrected chi connectivity index (χ2v) is 10.1. The highest BCUT2D eigenvalue weighted by Gasteiger charge is 2.55. The lowest BCUT2D eigenvalue weighted by Crippen LogP contribution is -2.30. The van der Waals surface area contributed by atoms with Crippen LogP contribution >= 0.6 is 0 Å². The lowest BCUT2D eigenvalue weighted by atomic mass is 9.75. The van der Waals surface area contributed by atoms with E-state index >= 15 is 0 Å². The summed E-state index contributed by atoms with van der Waals surface area (Å²) in [5, 5.41) is 20.4. The monoisotopic (exact) mass is 442 g/mol. The Morgan fingerprint density at radius 1 is 1.28 bits per heavy atom. The first-order chi connectivity index (χ1) is 13.0. The first-order valence-electron chi connectivity index (χ1n) is 8.81. The molecule has 0 bridgehead atoms. The topological polar surface area (TPSA) is 74.6 Å². The van der Waals surface area contributed by atoms with E-state index in [9.17, 15) is 40.6 Å². The molecule has 0 amide bonds. The van der Waals surface area contributed by atoms with Crippen LogP contribution in [-0.2, 0) is 9.84 Å². The summed E-state index contributed by atoms with van der Waals surface area (Å²) >= 11 is 0. The van der Waals surface area contributed by atoms with Gasteiger partial charge in [-0.3, -0.25) is 0 Å². The smallest absolute Gasteiger partial charge is 0.388 e. The van der Waals surface area contributed by atoms with E-state index in [0.29, 0.717) is 13.3 Å². The van der Waals surface area contributed by atoms with Gasteiger partial charge in [-0.05, 0) is 41.9 Å². The summed E-state index contributed by atoms with van der Waals surface area (Å²) in [6.45, 7) is 7.71. The number of hydrogen-bond acceptors (Lipinski definition) is 4. The van der Waals surface area contributed by atoms with E-state index in [1.165, 1.54) is 0 Å². The highest BCUT2D eigenvalue weighted by molar-refractivity contribution is 7.96. The van der Waals surface area contributed by atoms with Gasteiger partial charge in [-0.1, -0.05) is 32.6 Å². The molecule has 0 saturated heterocycles. The van der Waals surface area contributed by atoms with Gasteiger partial charge in [0, 0.05) is 12.0 Å². The van der Waals surface area contributed by atoms with E-state index < -0.39 is 61.4 Å². The maximum atomic E-state index is 14.3. The fraction of sp³-hybridized carbons (Fsp3) is 0.579. The van der Waals surface area contributed by atoms with Gasteiger partial charge in [0.05, 0.1) is 11.0 Å². The van der Waals surface area contributed by atoms with Crippen LogP contribution in [0.15, 0.2) is 45.9 Å². The van der Waals surface area contributed by atoms with Gasteiger partial charge in [0.15, 0.2) is 0 Å². The summed E-state index contributed by atoms with van der Waals surface area (Å²) in [7, 11) is -5.95. The molecule has 0 aromatic rings. The molecule has 10 heteroatoms. The minimum atomic E-state index is -5.95. The Labute approximate surface area is 166 Å². The number of rotatable bonds is 3. The highest BCUT2D eigenvalue weighted by Crippen LogP contribution is 2.49. The summed E-state index contributed by atoms with van der Waals surface area (Å²) in [4.78, 5) is -1.39. The Morgan fingerprint density at radius 3 is 2.31 bits per heavy atom. The zero-order chi connectivity index (χ0) is 22.6. The second-order valence-electron chi connectivity index (χ2n) is 8.00. The van der Waals surface area contributed by atoms with E-state index in [-0.39, 0.29) is 17.6 Å².